The van der Waals surface area contributed by atoms with E-state index in [9.17, 15) is 10.1 Å². The molecule has 0 bridgehead atoms. The van der Waals surface area contributed by atoms with E-state index in [2.05, 4.69) is 5.32 Å². The summed E-state index contributed by atoms with van der Waals surface area (Å²) in [6, 6.07) is 5.28. The molecule has 0 saturated carbocycles. The second kappa shape index (κ2) is 6.77. The Hall–Kier alpha value is -1.27. The van der Waals surface area contributed by atoms with Gasteiger partial charge < -0.3 is 10.1 Å². The molecule has 104 valence electrons. The van der Waals surface area contributed by atoms with Crippen LogP contribution in [-0.2, 0) is 10.5 Å². The second-order valence-corrected chi connectivity index (χ2v) is 5.77. The van der Waals surface area contributed by atoms with Crippen molar-refractivity contribution in [3.63, 3.8) is 0 Å². The van der Waals surface area contributed by atoms with Crippen molar-refractivity contribution in [3.8, 4) is 0 Å². The fourth-order valence-electron chi connectivity index (χ4n) is 2.09. The van der Waals surface area contributed by atoms with E-state index in [1.165, 1.54) is 0 Å². The number of rotatable bonds is 5. The van der Waals surface area contributed by atoms with Gasteiger partial charge in [0.2, 0.25) is 0 Å². The third-order valence-electron chi connectivity index (χ3n) is 3.18. The molecule has 1 aromatic rings. The molecule has 1 fully saturated rings. The Balaban J connectivity index is 1.98. The van der Waals surface area contributed by atoms with E-state index in [1.54, 1.807) is 13.1 Å². The Morgan fingerprint density at radius 3 is 2.84 bits per heavy atom. The van der Waals surface area contributed by atoms with Crippen molar-refractivity contribution in [2.45, 2.75) is 23.8 Å². The molecule has 0 amide bonds. The minimum Gasteiger partial charge on any atom is -0.383 e. The van der Waals surface area contributed by atoms with Gasteiger partial charge in [-0.25, -0.2) is 0 Å². The topological polar surface area (TPSA) is 64.4 Å². The average molecular weight is 282 g/mol. The number of hydrogen-bond acceptors (Lipinski definition) is 5. The van der Waals surface area contributed by atoms with E-state index in [4.69, 9.17) is 4.74 Å². The van der Waals surface area contributed by atoms with Crippen LogP contribution in [0.25, 0.3) is 0 Å². The first-order valence-electron chi connectivity index (χ1n) is 6.35. The fraction of sp³-hybridized carbons (Fsp3) is 0.538. The zero-order valence-electron chi connectivity index (χ0n) is 10.9. The number of nitrogens with one attached hydrogen (secondary N) is 1. The number of thioether (sulfide) groups is 1. The third-order valence-corrected chi connectivity index (χ3v) is 4.62. The number of nitrogens with zero attached hydrogens (tertiary/aromatic N) is 1. The summed E-state index contributed by atoms with van der Waals surface area (Å²) >= 11 is 1.91. The first-order valence-corrected chi connectivity index (χ1v) is 7.40. The maximum Gasteiger partial charge on any atom is 0.292 e. The summed E-state index contributed by atoms with van der Waals surface area (Å²) in [7, 11) is 1.71. The highest BCUT2D eigenvalue weighted by atomic mass is 32.2. The summed E-state index contributed by atoms with van der Waals surface area (Å²) in [5.41, 5.74) is 1.82. The van der Waals surface area contributed by atoms with E-state index in [-0.39, 0.29) is 10.6 Å². The van der Waals surface area contributed by atoms with Crippen molar-refractivity contribution in [2.75, 3.05) is 25.6 Å². The minimum absolute atomic E-state index is 0.127. The first-order chi connectivity index (χ1) is 9.20. The highest BCUT2D eigenvalue weighted by Crippen LogP contribution is 2.29. The highest BCUT2D eigenvalue weighted by Gasteiger charge is 2.16. The third kappa shape index (κ3) is 3.84. The number of hydrogen-bond donors (Lipinski definition) is 1. The van der Waals surface area contributed by atoms with Crippen LogP contribution in [0.4, 0.5) is 11.4 Å². The highest BCUT2D eigenvalue weighted by molar-refractivity contribution is 7.99. The molecule has 1 aliphatic rings. The van der Waals surface area contributed by atoms with Crippen LogP contribution in [0.15, 0.2) is 18.2 Å². The second-order valence-electron chi connectivity index (χ2n) is 4.48. The smallest absolute Gasteiger partial charge is 0.292 e. The molecule has 19 heavy (non-hydrogen) atoms. The predicted molar refractivity (Wildman–Crippen MR) is 77.8 cm³/mol. The standard InChI is InChI=1S/C13H18N2O3S/c1-14-12-8-10(2-3-13(12)15(16)17)9-19-11-4-6-18-7-5-11/h2-3,8,11,14H,4-7,9H2,1H3. The molecular formula is C13H18N2O3S. The monoisotopic (exact) mass is 282 g/mol. The number of ether oxygens (including phenoxy) is 1. The van der Waals surface area contributed by atoms with Crippen molar-refractivity contribution >= 4 is 23.1 Å². The minimum atomic E-state index is -0.360. The van der Waals surface area contributed by atoms with Gasteiger partial charge >= 0.3 is 0 Å². The molecule has 1 aliphatic heterocycles. The molecule has 1 N–H and O–H groups in total. The SMILES string of the molecule is CNc1cc(CSC2CCOCC2)ccc1[N+](=O)[O-]. The number of benzene rings is 1. The first kappa shape index (κ1) is 14.1. The van der Waals surface area contributed by atoms with E-state index >= 15 is 0 Å². The Labute approximate surface area is 116 Å². The van der Waals surface area contributed by atoms with Crippen LogP contribution < -0.4 is 5.32 Å². The van der Waals surface area contributed by atoms with Gasteiger partial charge in [-0.05, 0) is 24.5 Å². The van der Waals surface area contributed by atoms with Gasteiger partial charge in [0.05, 0.1) is 4.92 Å². The number of anilines is 1. The Bertz CT molecular complexity index is 448. The lowest BCUT2D eigenvalue weighted by Crippen LogP contribution is -2.17. The van der Waals surface area contributed by atoms with Crippen LogP contribution >= 0.6 is 11.8 Å². The summed E-state index contributed by atoms with van der Waals surface area (Å²) < 4.78 is 5.33. The van der Waals surface area contributed by atoms with Crippen molar-refractivity contribution in [2.24, 2.45) is 0 Å². The van der Waals surface area contributed by atoms with Crippen LogP contribution in [0.2, 0.25) is 0 Å². The Kier molecular flexibility index (Phi) is 5.04. The van der Waals surface area contributed by atoms with Crippen LogP contribution in [0.1, 0.15) is 18.4 Å². The molecule has 0 aliphatic carbocycles. The summed E-state index contributed by atoms with van der Waals surface area (Å²) in [5, 5.41) is 14.4. The molecule has 0 unspecified atom stereocenters. The summed E-state index contributed by atoms with van der Waals surface area (Å²) in [6.07, 6.45) is 2.19. The molecule has 0 spiro atoms. The average Bonchev–Trinajstić information content (AvgIpc) is 2.45. The van der Waals surface area contributed by atoms with Crippen molar-refractivity contribution < 1.29 is 9.66 Å². The van der Waals surface area contributed by atoms with Gasteiger partial charge in [-0.3, -0.25) is 10.1 Å². The van der Waals surface area contributed by atoms with Gasteiger partial charge in [0.1, 0.15) is 5.69 Å². The molecule has 1 aromatic carbocycles. The van der Waals surface area contributed by atoms with Crippen LogP contribution in [-0.4, -0.2) is 30.4 Å². The van der Waals surface area contributed by atoms with Crippen LogP contribution in [0.3, 0.4) is 0 Å². The molecule has 2 rings (SSSR count). The molecule has 6 heteroatoms. The van der Waals surface area contributed by atoms with Crippen molar-refractivity contribution in [1.29, 1.82) is 0 Å². The zero-order valence-corrected chi connectivity index (χ0v) is 11.7. The van der Waals surface area contributed by atoms with Gasteiger partial charge in [-0.1, -0.05) is 6.07 Å². The summed E-state index contributed by atoms with van der Waals surface area (Å²) in [6.45, 7) is 1.69. The van der Waals surface area contributed by atoms with Crippen molar-refractivity contribution in [1.82, 2.24) is 0 Å². The lowest BCUT2D eigenvalue weighted by atomic mass is 10.2. The normalized spacial score (nSPS) is 16.3. The predicted octanol–water partition coefficient (Wildman–Crippen LogP) is 3.05. The van der Waals surface area contributed by atoms with Gasteiger partial charge in [0.25, 0.3) is 5.69 Å². The van der Waals surface area contributed by atoms with Gasteiger partial charge in [-0.2, -0.15) is 11.8 Å². The maximum absolute atomic E-state index is 10.8. The van der Waals surface area contributed by atoms with Crippen LogP contribution in [0.5, 0.6) is 0 Å². The molecule has 5 nitrogen and oxygen atoms in total. The zero-order chi connectivity index (χ0) is 13.7. The molecule has 1 heterocycles. The van der Waals surface area contributed by atoms with E-state index in [0.29, 0.717) is 10.9 Å². The molecule has 0 aromatic heterocycles. The Morgan fingerprint density at radius 1 is 1.47 bits per heavy atom. The fourth-order valence-corrected chi connectivity index (χ4v) is 3.22. The largest absolute Gasteiger partial charge is 0.383 e. The maximum atomic E-state index is 10.8. The van der Waals surface area contributed by atoms with Gasteiger partial charge in [0, 0.05) is 37.3 Å². The quantitative estimate of drug-likeness (QED) is 0.664. The molecular weight excluding hydrogens is 264 g/mol. The Morgan fingerprint density at radius 2 is 2.21 bits per heavy atom. The summed E-state index contributed by atoms with van der Waals surface area (Å²) in [4.78, 5) is 10.5. The van der Waals surface area contributed by atoms with E-state index < -0.39 is 0 Å². The van der Waals surface area contributed by atoms with Crippen LogP contribution in [0, 0.1) is 10.1 Å². The molecule has 0 atom stereocenters. The van der Waals surface area contributed by atoms with E-state index in [1.807, 2.05) is 23.9 Å². The van der Waals surface area contributed by atoms with E-state index in [0.717, 1.165) is 37.4 Å². The number of nitro benzene ring substituents is 1. The molecule has 1 saturated heterocycles. The summed E-state index contributed by atoms with van der Waals surface area (Å²) in [5.74, 6) is 0.886. The number of nitro groups is 1. The lowest BCUT2D eigenvalue weighted by molar-refractivity contribution is -0.383. The molecule has 0 radical (unpaired) electrons. The van der Waals surface area contributed by atoms with Crippen molar-refractivity contribution in [3.05, 3.63) is 33.9 Å². The lowest BCUT2D eigenvalue weighted by Gasteiger charge is -2.21. The van der Waals surface area contributed by atoms with Gasteiger partial charge in [0.15, 0.2) is 0 Å². The van der Waals surface area contributed by atoms with Gasteiger partial charge in [-0.15, -0.1) is 0 Å².